The molecule has 0 bridgehead atoms. The molecule has 94 valence electrons. The van der Waals surface area contributed by atoms with Crippen LogP contribution in [0.2, 0.25) is 0 Å². The summed E-state index contributed by atoms with van der Waals surface area (Å²) in [6.45, 7) is 3.00. The van der Waals surface area contributed by atoms with E-state index in [-0.39, 0.29) is 0 Å². The molecule has 0 amide bonds. The smallest absolute Gasteiger partial charge is 0.123 e. The van der Waals surface area contributed by atoms with Crippen LogP contribution in [0, 0.1) is 6.92 Å². The summed E-state index contributed by atoms with van der Waals surface area (Å²) in [5.74, 6) is 0.885. The quantitative estimate of drug-likeness (QED) is 0.943. The van der Waals surface area contributed by atoms with Crippen LogP contribution < -0.4 is 10.5 Å². The average molecular weight is 307 g/mol. The van der Waals surface area contributed by atoms with Gasteiger partial charge in [-0.1, -0.05) is 22.0 Å². The molecule has 2 N–H and O–H groups in total. The number of aryl methyl sites for hydroxylation is 1. The number of ether oxygens (including phenoxy) is 1. The number of aromatic nitrogens is 1. The Bertz CT molecular complexity index is 543. The first kappa shape index (κ1) is 13.1. The Kier molecular flexibility index (Phi) is 4.33. The van der Waals surface area contributed by atoms with Crippen LogP contribution in [0.25, 0.3) is 0 Å². The topological polar surface area (TPSA) is 48.1 Å². The minimum absolute atomic E-state index is 0.448. The summed E-state index contributed by atoms with van der Waals surface area (Å²) in [7, 11) is 0. The molecule has 4 heteroatoms. The second-order valence-electron chi connectivity index (χ2n) is 4.06. The van der Waals surface area contributed by atoms with Crippen molar-refractivity contribution in [2.75, 3.05) is 0 Å². The maximum Gasteiger partial charge on any atom is 0.123 e. The van der Waals surface area contributed by atoms with Gasteiger partial charge in [0.25, 0.3) is 0 Å². The molecule has 0 spiro atoms. The van der Waals surface area contributed by atoms with Crippen LogP contribution in [0.5, 0.6) is 5.75 Å². The van der Waals surface area contributed by atoms with E-state index < -0.39 is 0 Å². The lowest BCUT2D eigenvalue weighted by Gasteiger charge is -2.10. The Labute approximate surface area is 115 Å². The van der Waals surface area contributed by atoms with Crippen molar-refractivity contribution in [1.82, 2.24) is 4.98 Å². The van der Waals surface area contributed by atoms with Crippen molar-refractivity contribution in [1.29, 1.82) is 0 Å². The molecular weight excluding hydrogens is 292 g/mol. The molecule has 3 nitrogen and oxygen atoms in total. The van der Waals surface area contributed by atoms with Gasteiger partial charge in [0.2, 0.25) is 0 Å². The fraction of sp³-hybridized carbons (Fsp3) is 0.214. The molecule has 1 aromatic heterocycles. The lowest BCUT2D eigenvalue weighted by atomic mass is 10.2. The van der Waals surface area contributed by atoms with E-state index in [1.165, 1.54) is 0 Å². The van der Waals surface area contributed by atoms with Gasteiger partial charge in [-0.05, 0) is 42.3 Å². The third-order valence-corrected chi connectivity index (χ3v) is 3.13. The lowest BCUT2D eigenvalue weighted by molar-refractivity contribution is 0.303. The molecule has 0 unspecified atom stereocenters. The molecule has 0 saturated carbocycles. The number of pyridine rings is 1. The molecule has 0 radical (unpaired) electrons. The minimum Gasteiger partial charge on any atom is -0.489 e. The van der Waals surface area contributed by atoms with E-state index in [0.29, 0.717) is 13.2 Å². The zero-order valence-corrected chi connectivity index (χ0v) is 11.8. The molecule has 0 aliphatic rings. The van der Waals surface area contributed by atoms with Crippen LogP contribution in [-0.2, 0) is 13.2 Å². The standard InChI is InChI=1S/C14H15BrN2O/c1-10-2-3-12(15)7-14(10)18-9-11-4-5-17-13(6-11)8-16/h2-7H,8-9,16H2,1H3. The number of benzene rings is 1. The summed E-state index contributed by atoms with van der Waals surface area (Å²) >= 11 is 3.44. The molecule has 0 aliphatic carbocycles. The van der Waals surface area contributed by atoms with E-state index in [2.05, 4.69) is 20.9 Å². The van der Waals surface area contributed by atoms with Gasteiger partial charge < -0.3 is 10.5 Å². The highest BCUT2D eigenvalue weighted by Gasteiger charge is 2.02. The zero-order chi connectivity index (χ0) is 13.0. The van der Waals surface area contributed by atoms with Crippen molar-refractivity contribution in [2.24, 2.45) is 5.73 Å². The first-order chi connectivity index (χ1) is 8.69. The molecule has 18 heavy (non-hydrogen) atoms. The Hall–Kier alpha value is -1.39. The highest BCUT2D eigenvalue weighted by Crippen LogP contribution is 2.23. The summed E-state index contributed by atoms with van der Waals surface area (Å²) in [5.41, 5.74) is 8.63. The fourth-order valence-electron chi connectivity index (χ4n) is 1.62. The van der Waals surface area contributed by atoms with E-state index in [4.69, 9.17) is 10.5 Å². The van der Waals surface area contributed by atoms with Crippen molar-refractivity contribution in [3.63, 3.8) is 0 Å². The van der Waals surface area contributed by atoms with Gasteiger partial charge in [-0.15, -0.1) is 0 Å². The van der Waals surface area contributed by atoms with Crippen LogP contribution >= 0.6 is 15.9 Å². The lowest BCUT2D eigenvalue weighted by Crippen LogP contribution is -2.02. The fourth-order valence-corrected chi connectivity index (χ4v) is 1.96. The van der Waals surface area contributed by atoms with Gasteiger partial charge in [0.05, 0.1) is 5.69 Å². The van der Waals surface area contributed by atoms with Crippen LogP contribution in [0.3, 0.4) is 0 Å². The molecule has 1 heterocycles. The third kappa shape index (κ3) is 3.31. The van der Waals surface area contributed by atoms with Crippen LogP contribution in [-0.4, -0.2) is 4.98 Å². The van der Waals surface area contributed by atoms with Gasteiger partial charge in [0.1, 0.15) is 12.4 Å². The van der Waals surface area contributed by atoms with Crippen LogP contribution in [0.1, 0.15) is 16.8 Å². The van der Waals surface area contributed by atoms with E-state index in [9.17, 15) is 0 Å². The molecule has 0 saturated heterocycles. The van der Waals surface area contributed by atoms with Crippen molar-refractivity contribution in [3.05, 3.63) is 57.8 Å². The molecule has 0 fully saturated rings. The molecule has 0 aliphatic heterocycles. The molecular formula is C14H15BrN2O. The Morgan fingerprint density at radius 1 is 1.28 bits per heavy atom. The van der Waals surface area contributed by atoms with Crippen molar-refractivity contribution in [3.8, 4) is 5.75 Å². The van der Waals surface area contributed by atoms with E-state index >= 15 is 0 Å². The van der Waals surface area contributed by atoms with E-state index in [1.54, 1.807) is 6.20 Å². The summed E-state index contributed by atoms with van der Waals surface area (Å²) in [5, 5.41) is 0. The Balaban J connectivity index is 2.08. The van der Waals surface area contributed by atoms with Gasteiger partial charge >= 0.3 is 0 Å². The van der Waals surface area contributed by atoms with E-state index in [1.807, 2.05) is 37.3 Å². The first-order valence-corrected chi connectivity index (χ1v) is 6.51. The second kappa shape index (κ2) is 5.98. The Morgan fingerprint density at radius 2 is 2.11 bits per heavy atom. The van der Waals surface area contributed by atoms with Gasteiger partial charge in [-0.25, -0.2) is 0 Å². The van der Waals surface area contributed by atoms with E-state index in [0.717, 1.165) is 27.0 Å². The van der Waals surface area contributed by atoms with Gasteiger partial charge in [0, 0.05) is 17.2 Å². The largest absolute Gasteiger partial charge is 0.489 e. The van der Waals surface area contributed by atoms with Crippen molar-refractivity contribution in [2.45, 2.75) is 20.1 Å². The van der Waals surface area contributed by atoms with Crippen molar-refractivity contribution < 1.29 is 4.74 Å². The number of hydrogen-bond acceptors (Lipinski definition) is 3. The number of nitrogens with zero attached hydrogens (tertiary/aromatic N) is 1. The number of nitrogens with two attached hydrogens (primary N) is 1. The summed E-state index contributed by atoms with van der Waals surface area (Å²) in [4.78, 5) is 4.16. The van der Waals surface area contributed by atoms with Gasteiger partial charge in [-0.3, -0.25) is 4.98 Å². The zero-order valence-electron chi connectivity index (χ0n) is 10.2. The molecule has 0 atom stereocenters. The predicted octanol–water partition coefficient (Wildman–Crippen LogP) is 3.19. The highest BCUT2D eigenvalue weighted by atomic mass is 79.9. The third-order valence-electron chi connectivity index (χ3n) is 2.63. The number of halogens is 1. The second-order valence-corrected chi connectivity index (χ2v) is 4.97. The van der Waals surface area contributed by atoms with Crippen LogP contribution in [0.15, 0.2) is 41.0 Å². The average Bonchev–Trinajstić information content (AvgIpc) is 2.40. The SMILES string of the molecule is Cc1ccc(Br)cc1OCc1ccnc(CN)c1. The van der Waals surface area contributed by atoms with Gasteiger partial charge in [0.15, 0.2) is 0 Å². The summed E-state index contributed by atoms with van der Waals surface area (Å²) in [6, 6.07) is 9.90. The summed E-state index contributed by atoms with van der Waals surface area (Å²) in [6.07, 6.45) is 1.76. The van der Waals surface area contributed by atoms with Crippen molar-refractivity contribution >= 4 is 15.9 Å². The van der Waals surface area contributed by atoms with Gasteiger partial charge in [-0.2, -0.15) is 0 Å². The minimum atomic E-state index is 0.448. The Morgan fingerprint density at radius 3 is 2.89 bits per heavy atom. The van der Waals surface area contributed by atoms with Crippen LogP contribution in [0.4, 0.5) is 0 Å². The highest BCUT2D eigenvalue weighted by molar-refractivity contribution is 9.10. The predicted molar refractivity (Wildman–Crippen MR) is 75.3 cm³/mol. The number of rotatable bonds is 4. The normalized spacial score (nSPS) is 10.4. The summed E-state index contributed by atoms with van der Waals surface area (Å²) < 4.78 is 6.82. The molecule has 1 aromatic carbocycles. The molecule has 2 aromatic rings. The molecule has 2 rings (SSSR count). The number of hydrogen-bond donors (Lipinski definition) is 1. The monoisotopic (exact) mass is 306 g/mol. The maximum absolute atomic E-state index is 5.80. The maximum atomic E-state index is 5.80. The first-order valence-electron chi connectivity index (χ1n) is 5.72.